The molecule has 0 saturated heterocycles. The number of methoxy groups -OCH3 is 1. The average molecular weight is 464 g/mol. The molecule has 2 aromatic carbocycles. The number of likely N-dealkylation sites (N-methyl/N-ethyl adjacent to an activating group) is 1. The van der Waals surface area contributed by atoms with Gasteiger partial charge in [-0.2, -0.15) is 0 Å². The lowest BCUT2D eigenvalue weighted by Gasteiger charge is -2.11. The minimum absolute atomic E-state index is 0.307. The third kappa shape index (κ3) is 5.57. The SMILES string of the molecule is COc1ccc(-c2nc(-c3ccc(OCCN(C)C)cc3)[nH]c2C(=O)Nc2nccs2)cc1. The Balaban J connectivity index is 1.63. The summed E-state index contributed by atoms with van der Waals surface area (Å²) in [7, 11) is 5.63. The number of hydrogen-bond acceptors (Lipinski definition) is 7. The third-order valence-corrected chi connectivity index (χ3v) is 5.57. The second kappa shape index (κ2) is 10.3. The van der Waals surface area contributed by atoms with Crippen LogP contribution in [0.2, 0.25) is 0 Å². The Morgan fingerprint density at radius 3 is 2.39 bits per heavy atom. The molecule has 0 spiro atoms. The van der Waals surface area contributed by atoms with Crippen LogP contribution in [-0.4, -0.2) is 60.1 Å². The van der Waals surface area contributed by atoms with Crippen LogP contribution < -0.4 is 14.8 Å². The first-order valence-corrected chi connectivity index (χ1v) is 11.2. The Hall–Kier alpha value is -3.69. The van der Waals surface area contributed by atoms with Gasteiger partial charge in [0.1, 0.15) is 35.3 Å². The molecule has 1 amide bonds. The van der Waals surface area contributed by atoms with Crippen LogP contribution in [0.5, 0.6) is 11.5 Å². The lowest BCUT2D eigenvalue weighted by molar-refractivity contribution is 0.102. The number of amides is 1. The summed E-state index contributed by atoms with van der Waals surface area (Å²) in [4.78, 5) is 27.2. The number of nitrogens with zero attached hydrogens (tertiary/aromatic N) is 3. The number of nitrogens with one attached hydrogen (secondary N) is 2. The van der Waals surface area contributed by atoms with E-state index in [9.17, 15) is 4.79 Å². The molecule has 8 nitrogen and oxygen atoms in total. The number of benzene rings is 2. The van der Waals surface area contributed by atoms with Gasteiger partial charge in [0.15, 0.2) is 5.13 Å². The number of thiazole rings is 1. The molecule has 0 aliphatic rings. The van der Waals surface area contributed by atoms with Gasteiger partial charge in [-0.15, -0.1) is 11.3 Å². The average Bonchev–Trinajstić information content (AvgIpc) is 3.50. The Labute approximate surface area is 196 Å². The summed E-state index contributed by atoms with van der Waals surface area (Å²) in [5, 5.41) is 5.16. The molecule has 9 heteroatoms. The molecule has 2 N–H and O–H groups in total. The number of H-pyrrole nitrogens is 1. The van der Waals surface area contributed by atoms with Gasteiger partial charge in [-0.1, -0.05) is 0 Å². The number of imidazole rings is 1. The summed E-state index contributed by atoms with van der Waals surface area (Å²) in [5.41, 5.74) is 2.55. The van der Waals surface area contributed by atoms with Gasteiger partial charge >= 0.3 is 0 Å². The molecule has 4 rings (SSSR count). The third-order valence-electron chi connectivity index (χ3n) is 4.88. The molecule has 33 heavy (non-hydrogen) atoms. The van der Waals surface area contributed by atoms with Crippen LogP contribution in [0.3, 0.4) is 0 Å². The van der Waals surface area contributed by atoms with Crippen molar-refractivity contribution in [1.29, 1.82) is 0 Å². The quantitative estimate of drug-likeness (QED) is 0.382. The number of ether oxygens (including phenoxy) is 2. The number of carbonyl (C=O) groups excluding carboxylic acids is 1. The van der Waals surface area contributed by atoms with Crippen LogP contribution in [-0.2, 0) is 0 Å². The maximum Gasteiger partial charge on any atom is 0.276 e. The number of carbonyl (C=O) groups is 1. The van der Waals surface area contributed by atoms with Gasteiger partial charge in [0.25, 0.3) is 5.91 Å². The highest BCUT2D eigenvalue weighted by Gasteiger charge is 2.20. The van der Waals surface area contributed by atoms with Crippen molar-refractivity contribution >= 4 is 22.4 Å². The highest BCUT2D eigenvalue weighted by atomic mass is 32.1. The predicted molar refractivity (Wildman–Crippen MR) is 130 cm³/mol. The Morgan fingerprint density at radius 1 is 1.06 bits per heavy atom. The second-order valence-corrected chi connectivity index (χ2v) is 8.40. The van der Waals surface area contributed by atoms with Crippen molar-refractivity contribution in [3.8, 4) is 34.1 Å². The van der Waals surface area contributed by atoms with E-state index in [4.69, 9.17) is 14.5 Å². The lowest BCUT2D eigenvalue weighted by atomic mass is 10.1. The van der Waals surface area contributed by atoms with Crippen LogP contribution in [0.4, 0.5) is 5.13 Å². The van der Waals surface area contributed by atoms with Crippen LogP contribution >= 0.6 is 11.3 Å². The standard InChI is InChI=1S/C24H25N5O3S/c1-29(2)13-14-32-19-10-6-17(7-11-19)22-26-20(16-4-8-18(31-3)9-5-16)21(27-22)23(30)28-24-25-12-15-33-24/h4-12,15H,13-14H2,1-3H3,(H,26,27)(H,25,28,30). The van der Waals surface area contributed by atoms with Crippen LogP contribution in [0, 0.1) is 0 Å². The molecular weight excluding hydrogens is 438 g/mol. The van der Waals surface area contributed by atoms with Gasteiger partial charge in [0, 0.05) is 29.2 Å². The number of aromatic amines is 1. The molecule has 0 radical (unpaired) electrons. The minimum atomic E-state index is -0.307. The van der Waals surface area contributed by atoms with Crippen LogP contribution in [0.15, 0.2) is 60.1 Å². The number of aromatic nitrogens is 3. The maximum atomic E-state index is 13.0. The molecule has 0 saturated carbocycles. The highest BCUT2D eigenvalue weighted by Crippen LogP contribution is 2.29. The zero-order chi connectivity index (χ0) is 23.2. The number of hydrogen-bond donors (Lipinski definition) is 2. The molecule has 0 aliphatic carbocycles. The van der Waals surface area contributed by atoms with E-state index in [2.05, 4.69) is 20.2 Å². The van der Waals surface area contributed by atoms with Gasteiger partial charge in [-0.05, 0) is 62.6 Å². The van der Waals surface area contributed by atoms with Gasteiger partial charge < -0.3 is 19.4 Å². The van der Waals surface area contributed by atoms with Crippen molar-refractivity contribution in [2.45, 2.75) is 0 Å². The largest absolute Gasteiger partial charge is 0.497 e. The first-order valence-electron chi connectivity index (χ1n) is 10.4. The molecule has 2 aromatic heterocycles. The van der Waals surface area contributed by atoms with Crippen molar-refractivity contribution in [3.63, 3.8) is 0 Å². The summed E-state index contributed by atoms with van der Waals surface area (Å²) in [6, 6.07) is 15.1. The van der Waals surface area contributed by atoms with Crippen molar-refractivity contribution in [2.24, 2.45) is 0 Å². The summed E-state index contributed by atoms with van der Waals surface area (Å²) in [5.74, 6) is 1.79. The van der Waals surface area contributed by atoms with Gasteiger partial charge in [0.2, 0.25) is 0 Å². The van der Waals surface area contributed by atoms with Crippen LogP contribution in [0.25, 0.3) is 22.6 Å². The summed E-state index contributed by atoms with van der Waals surface area (Å²) in [6.45, 7) is 1.44. The van der Waals surface area contributed by atoms with E-state index in [1.165, 1.54) is 11.3 Å². The molecule has 170 valence electrons. The summed E-state index contributed by atoms with van der Waals surface area (Å²) < 4.78 is 11.0. The molecule has 4 aromatic rings. The van der Waals surface area contributed by atoms with E-state index in [-0.39, 0.29) is 5.91 Å². The molecule has 0 bridgehead atoms. The van der Waals surface area contributed by atoms with Crippen LogP contribution in [0.1, 0.15) is 10.5 Å². The predicted octanol–water partition coefficient (Wildman–Crippen LogP) is 4.40. The zero-order valence-corrected chi connectivity index (χ0v) is 19.5. The van der Waals surface area contributed by atoms with Crippen molar-refractivity contribution in [2.75, 3.05) is 39.7 Å². The summed E-state index contributed by atoms with van der Waals surface area (Å²) in [6.07, 6.45) is 1.64. The van der Waals surface area contributed by atoms with Gasteiger partial charge in [-0.25, -0.2) is 9.97 Å². The zero-order valence-electron chi connectivity index (χ0n) is 18.7. The molecule has 0 aliphatic heterocycles. The van der Waals surface area contributed by atoms with Crippen molar-refractivity contribution < 1.29 is 14.3 Å². The Bertz CT molecular complexity index is 1190. The molecule has 0 unspecified atom stereocenters. The van der Waals surface area contributed by atoms with E-state index >= 15 is 0 Å². The fourth-order valence-electron chi connectivity index (χ4n) is 3.13. The Kier molecular flexibility index (Phi) is 7.01. The first-order chi connectivity index (χ1) is 16.0. The van der Waals surface area contributed by atoms with E-state index in [0.717, 1.165) is 29.2 Å². The molecule has 0 fully saturated rings. The lowest BCUT2D eigenvalue weighted by Crippen LogP contribution is -2.19. The van der Waals surface area contributed by atoms with E-state index in [1.54, 1.807) is 18.7 Å². The highest BCUT2D eigenvalue weighted by molar-refractivity contribution is 7.13. The van der Waals surface area contributed by atoms with E-state index in [0.29, 0.717) is 29.0 Å². The topological polar surface area (TPSA) is 92.4 Å². The van der Waals surface area contributed by atoms with Crippen molar-refractivity contribution in [1.82, 2.24) is 19.9 Å². The normalized spacial score (nSPS) is 10.9. The summed E-state index contributed by atoms with van der Waals surface area (Å²) >= 11 is 1.35. The van der Waals surface area contributed by atoms with Gasteiger partial charge in [-0.3, -0.25) is 10.1 Å². The van der Waals surface area contributed by atoms with Gasteiger partial charge in [0.05, 0.1) is 7.11 Å². The fourth-order valence-corrected chi connectivity index (χ4v) is 3.66. The molecule has 0 atom stereocenters. The second-order valence-electron chi connectivity index (χ2n) is 7.51. The van der Waals surface area contributed by atoms with Crippen molar-refractivity contribution in [3.05, 3.63) is 65.8 Å². The Morgan fingerprint density at radius 2 is 1.76 bits per heavy atom. The number of rotatable bonds is 9. The number of anilines is 1. The maximum absolute atomic E-state index is 13.0. The van der Waals surface area contributed by atoms with E-state index in [1.807, 2.05) is 62.6 Å². The molecule has 2 heterocycles. The van der Waals surface area contributed by atoms with E-state index < -0.39 is 0 Å². The smallest absolute Gasteiger partial charge is 0.276 e. The first kappa shape index (κ1) is 22.5. The monoisotopic (exact) mass is 463 g/mol. The fraction of sp³-hybridized carbons (Fsp3) is 0.208. The molecular formula is C24H25N5O3S. The minimum Gasteiger partial charge on any atom is -0.497 e.